The molecule has 0 aromatic carbocycles. The van der Waals surface area contributed by atoms with Gasteiger partial charge < -0.3 is 30.9 Å². The highest BCUT2D eigenvalue weighted by atomic mass is 32.2. The number of hydrogen-bond acceptors (Lipinski definition) is 12. The number of β-lactam (4-membered cyclic amide) rings is 1. The van der Waals surface area contributed by atoms with Crippen LogP contribution in [0.5, 0.6) is 0 Å². The van der Waals surface area contributed by atoms with E-state index in [1.807, 2.05) is 29.2 Å². The Kier molecular flexibility index (Phi) is 7.31. The molecule has 2 amide bonds. The number of anilines is 1. The lowest BCUT2D eigenvalue weighted by Gasteiger charge is -2.49. The van der Waals surface area contributed by atoms with Crippen molar-refractivity contribution in [3.05, 3.63) is 41.8 Å². The molecule has 3 aliphatic heterocycles. The number of fused-ring (bicyclic) bond motifs is 2. The lowest BCUT2D eigenvalue weighted by Crippen LogP contribution is -2.71. The van der Waals surface area contributed by atoms with Crippen molar-refractivity contribution < 1.29 is 28.9 Å². The number of hydrogen-bond donors (Lipinski definition) is 4. The molecule has 0 radical (unpaired) electrons. The molecule has 3 aromatic rings. The minimum atomic E-state index is -1.21. The Morgan fingerprint density at radius 3 is 2.98 bits per heavy atom. The molecule has 6 heterocycles. The summed E-state index contributed by atoms with van der Waals surface area (Å²) in [5.41, 5.74) is 7.62. The third kappa shape index (κ3) is 4.89. The summed E-state index contributed by atoms with van der Waals surface area (Å²) in [6.45, 7) is 3.97. The molecule has 17 heteroatoms. The Morgan fingerprint density at radius 1 is 1.41 bits per heavy atom. The van der Waals surface area contributed by atoms with Crippen LogP contribution < -0.4 is 20.9 Å². The van der Waals surface area contributed by atoms with Crippen LogP contribution in [0.25, 0.3) is 11.2 Å². The Bertz CT molecular complexity index is 1590. The van der Waals surface area contributed by atoms with Gasteiger partial charge in [0, 0.05) is 29.4 Å². The number of nitrogens with zero attached hydrogens (tertiary/aromatic N) is 7. The fourth-order valence-corrected chi connectivity index (χ4v) is 6.98. The number of thioether (sulfide) groups is 1. The van der Waals surface area contributed by atoms with Crippen molar-refractivity contribution in [3.63, 3.8) is 0 Å². The smallest absolute Gasteiger partial charge is 0.352 e. The standard InChI is InChI=1S/C24H26N10O5S2/c1-2-39-30-15(18-29-24(25)41-31-18)20(35)28-16-21(36)34-17(23(37)38)12(10-40-22(16)34)9-32-7-3-4-14-19(32)27-11-33(14)13-5-6-26-8-13/h3-4,7,11,13,16,22,26H,2,5-6,8-10H2,1H3,(H3-,25,28,29,31,35,37,38)/p+1/b30-15-. The second-order valence-electron chi connectivity index (χ2n) is 9.58. The SMILES string of the molecule is CCO/N=C(\C(=O)NC1C(=O)N2C(C(=O)O)=C(C[n+]3cccc4c3ncn4C3CCNC3)CSC12)c1nsc(N)n1. The van der Waals surface area contributed by atoms with Crippen LogP contribution in [0.3, 0.4) is 0 Å². The van der Waals surface area contributed by atoms with Crippen LogP contribution in [-0.4, -0.2) is 89.3 Å². The topological polar surface area (TPSA) is 194 Å². The van der Waals surface area contributed by atoms with Crippen LogP contribution in [0.1, 0.15) is 25.2 Å². The third-order valence-electron chi connectivity index (χ3n) is 7.08. The number of carbonyl (C=O) groups is 3. The van der Waals surface area contributed by atoms with Gasteiger partial charge in [-0.1, -0.05) is 5.16 Å². The number of imidazole rings is 1. The summed E-state index contributed by atoms with van der Waals surface area (Å²) in [4.78, 5) is 53.6. The fourth-order valence-electron chi connectivity index (χ4n) is 5.21. The van der Waals surface area contributed by atoms with Gasteiger partial charge in [-0.2, -0.15) is 9.36 Å². The van der Waals surface area contributed by atoms with Gasteiger partial charge in [-0.25, -0.2) is 9.36 Å². The number of nitrogens with one attached hydrogen (secondary N) is 2. The molecular weight excluding hydrogens is 572 g/mol. The maximum Gasteiger partial charge on any atom is 0.352 e. The number of nitrogen functional groups attached to an aromatic ring is 1. The molecule has 5 N–H and O–H groups in total. The zero-order valence-electron chi connectivity index (χ0n) is 21.9. The number of pyridine rings is 1. The molecule has 2 fully saturated rings. The van der Waals surface area contributed by atoms with E-state index >= 15 is 0 Å². The minimum absolute atomic E-state index is 0.0235. The number of nitrogens with two attached hydrogens (primary N) is 1. The molecule has 0 bridgehead atoms. The average molecular weight is 600 g/mol. The third-order valence-corrected chi connectivity index (χ3v) is 8.96. The molecule has 3 unspecified atom stereocenters. The lowest BCUT2D eigenvalue weighted by molar-refractivity contribution is -0.664. The molecular formula is C24H27N10O5S2+. The van der Waals surface area contributed by atoms with Gasteiger partial charge in [0.25, 0.3) is 11.8 Å². The number of aliphatic carboxylic acids is 1. The van der Waals surface area contributed by atoms with Crippen LogP contribution in [-0.2, 0) is 25.8 Å². The van der Waals surface area contributed by atoms with E-state index in [0.717, 1.165) is 42.2 Å². The molecule has 0 aliphatic carbocycles. The van der Waals surface area contributed by atoms with Crippen molar-refractivity contribution in [2.45, 2.75) is 37.3 Å². The van der Waals surface area contributed by atoms with Gasteiger partial charge in [0.05, 0.1) is 12.2 Å². The maximum absolute atomic E-state index is 13.2. The normalized spacial score (nSPS) is 22.6. The van der Waals surface area contributed by atoms with Crippen LogP contribution in [0.4, 0.5) is 5.13 Å². The van der Waals surface area contributed by atoms with E-state index in [1.54, 1.807) is 6.92 Å². The number of oxime groups is 1. The first kappa shape index (κ1) is 27.1. The average Bonchev–Trinajstić information content (AvgIpc) is 3.73. The molecule has 3 aliphatic rings. The summed E-state index contributed by atoms with van der Waals surface area (Å²) in [5, 5.41) is 19.5. The summed E-state index contributed by atoms with van der Waals surface area (Å²) in [6, 6.07) is 3.26. The van der Waals surface area contributed by atoms with Gasteiger partial charge in [0.2, 0.25) is 17.9 Å². The molecule has 3 aromatic heterocycles. The van der Waals surface area contributed by atoms with Crippen LogP contribution >= 0.6 is 23.3 Å². The Morgan fingerprint density at radius 2 is 2.27 bits per heavy atom. The van der Waals surface area contributed by atoms with Crippen molar-refractivity contribution in [3.8, 4) is 0 Å². The molecule has 0 spiro atoms. The molecule has 15 nitrogen and oxygen atoms in total. The van der Waals surface area contributed by atoms with E-state index in [0.29, 0.717) is 17.4 Å². The first-order chi connectivity index (χ1) is 19.9. The van der Waals surface area contributed by atoms with Gasteiger partial charge in [-0.15, -0.1) is 11.8 Å². The first-order valence-electron chi connectivity index (χ1n) is 12.9. The number of rotatable bonds is 9. The first-order valence-corrected chi connectivity index (χ1v) is 14.8. The highest BCUT2D eigenvalue weighted by molar-refractivity contribution is 8.00. The Balaban J connectivity index is 1.23. The van der Waals surface area contributed by atoms with Gasteiger partial charge in [0.1, 0.15) is 35.8 Å². The van der Waals surface area contributed by atoms with E-state index < -0.39 is 29.2 Å². The van der Waals surface area contributed by atoms with Gasteiger partial charge in [0.15, 0.2) is 5.13 Å². The quantitative estimate of drug-likeness (QED) is 0.107. The largest absolute Gasteiger partial charge is 0.477 e. The molecule has 6 rings (SSSR count). The van der Waals surface area contributed by atoms with E-state index in [2.05, 4.69) is 34.7 Å². The number of carboxylic acid groups (broad SMARTS) is 1. The highest BCUT2D eigenvalue weighted by Gasteiger charge is 2.54. The Labute approximate surface area is 241 Å². The Hall–Kier alpha value is -4.09. The summed E-state index contributed by atoms with van der Waals surface area (Å²) in [6.07, 6.45) is 4.69. The van der Waals surface area contributed by atoms with E-state index in [9.17, 15) is 19.5 Å². The predicted molar refractivity (Wildman–Crippen MR) is 149 cm³/mol. The number of carbonyl (C=O) groups excluding carboxylic acids is 2. The van der Waals surface area contributed by atoms with Crippen molar-refractivity contribution in [1.82, 2.24) is 34.4 Å². The number of carboxylic acids is 1. The summed E-state index contributed by atoms with van der Waals surface area (Å²) in [5.74, 6) is -2.14. The lowest BCUT2D eigenvalue weighted by atomic mass is 10.0. The van der Waals surface area contributed by atoms with E-state index in [-0.39, 0.29) is 35.5 Å². The number of aromatic nitrogens is 5. The predicted octanol–water partition coefficient (Wildman–Crippen LogP) is -0.529. The van der Waals surface area contributed by atoms with Crippen LogP contribution in [0, 0.1) is 0 Å². The van der Waals surface area contributed by atoms with Crippen molar-refractivity contribution in [2.24, 2.45) is 5.16 Å². The summed E-state index contributed by atoms with van der Waals surface area (Å²) < 4.78 is 8.06. The molecule has 0 saturated carbocycles. The monoisotopic (exact) mass is 599 g/mol. The van der Waals surface area contributed by atoms with Gasteiger partial charge >= 0.3 is 11.6 Å². The minimum Gasteiger partial charge on any atom is -0.477 e. The fraction of sp³-hybridized carbons (Fsp3) is 0.417. The van der Waals surface area contributed by atoms with Crippen LogP contribution in [0.15, 0.2) is 41.1 Å². The molecule has 41 heavy (non-hydrogen) atoms. The molecule has 2 saturated heterocycles. The zero-order chi connectivity index (χ0) is 28.7. The maximum atomic E-state index is 13.2. The van der Waals surface area contributed by atoms with E-state index in [4.69, 9.17) is 10.6 Å². The zero-order valence-corrected chi connectivity index (χ0v) is 23.5. The second-order valence-corrected chi connectivity index (χ2v) is 11.5. The van der Waals surface area contributed by atoms with Crippen molar-refractivity contribution in [1.29, 1.82) is 0 Å². The van der Waals surface area contributed by atoms with Gasteiger partial charge in [-0.05, 0) is 37.0 Å². The second kappa shape index (κ2) is 11.1. The van der Waals surface area contributed by atoms with E-state index in [1.165, 1.54) is 16.7 Å². The van der Waals surface area contributed by atoms with Crippen molar-refractivity contribution in [2.75, 3.05) is 31.2 Å². The molecule has 3 atom stereocenters. The summed E-state index contributed by atoms with van der Waals surface area (Å²) >= 11 is 2.27. The van der Waals surface area contributed by atoms with Crippen molar-refractivity contribution >= 4 is 63.1 Å². The number of amides is 2. The summed E-state index contributed by atoms with van der Waals surface area (Å²) in [7, 11) is 0. The van der Waals surface area contributed by atoms with Gasteiger partial charge in [-0.3, -0.25) is 14.5 Å². The molecule has 214 valence electrons. The van der Waals surface area contributed by atoms with Crippen LogP contribution in [0.2, 0.25) is 0 Å². The highest BCUT2D eigenvalue weighted by Crippen LogP contribution is 2.40.